The van der Waals surface area contributed by atoms with Gasteiger partial charge in [0.25, 0.3) is 0 Å². The normalized spacial score (nSPS) is 11.6. The highest BCUT2D eigenvalue weighted by Gasteiger charge is 2.24. The van der Waals surface area contributed by atoms with Crippen LogP contribution >= 0.6 is 0 Å². The third-order valence-corrected chi connectivity index (χ3v) is 18.3. The number of fused-ring (bicyclic) bond motifs is 10. The molecule has 0 saturated heterocycles. The number of para-hydroxylation sites is 9. The van der Waals surface area contributed by atoms with Gasteiger partial charge in [-0.05, 0) is 175 Å². The van der Waals surface area contributed by atoms with Crippen LogP contribution in [0, 0.1) is 0 Å². The molecule has 0 bridgehead atoms. The molecular weight excluding hydrogens is 1150 g/mol. The number of benzene rings is 14. The molecule has 0 fully saturated rings. The Kier molecular flexibility index (Phi) is 13.0. The van der Waals surface area contributed by atoms with Crippen LogP contribution in [0.25, 0.3) is 105 Å². The lowest BCUT2D eigenvalue weighted by atomic mass is 10.0. The van der Waals surface area contributed by atoms with Gasteiger partial charge in [0.1, 0.15) is 5.82 Å². The van der Waals surface area contributed by atoms with Crippen LogP contribution in [0.4, 0.5) is 51.2 Å². The molecule has 0 saturated carbocycles. The van der Waals surface area contributed by atoms with Gasteiger partial charge in [0.15, 0.2) is 0 Å². The molecule has 18 rings (SSSR count). The minimum Gasteiger partial charge on any atom is -0.310 e. The van der Waals surface area contributed by atoms with Gasteiger partial charge in [0.2, 0.25) is 5.95 Å². The molecule has 8 nitrogen and oxygen atoms in total. The van der Waals surface area contributed by atoms with E-state index in [4.69, 9.17) is 9.97 Å². The van der Waals surface area contributed by atoms with E-state index in [0.717, 1.165) is 139 Å². The van der Waals surface area contributed by atoms with E-state index in [-0.39, 0.29) is 0 Å². The van der Waals surface area contributed by atoms with Crippen molar-refractivity contribution >= 4 is 127 Å². The minimum atomic E-state index is 0.567. The Labute approximate surface area is 543 Å². The molecule has 0 radical (unpaired) electrons. The molecule has 0 aliphatic carbocycles. The number of hydrogen-bond acceptors (Lipinski definition) is 5. The van der Waals surface area contributed by atoms with Crippen molar-refractivity contribution in [3.63, 3.8) is 0 Å². The van der Waals surface area contributed by atoms with E-state index in [1.54, 1.807) is 0 Å². The van der Waals surface area contributed by atoms with Crippen LogP contribution in [-0.2, 0) is 0 Å². The summed E-state index contributed by atoms with van der Waals surface area (Å²) in [6, 6.07) is 126. The topological polar surface area (TPSA) is 50.3 Å². The molecule has 94 heavy (non-hydrogen) atoms. The Hall–Kier alpha value is -12.8. The average molecular weight is 1200 g/mol. The largest absolute Gasteiger partial charge is 0.310 e. The highest BCUT2D eigenvalue weighted by molar-refractivity contribution is 6.13. The van der Waals surface area contributed by atoms with Crippen molar-refractivity contribution in [3.05, 3.63) is 352 Å². The van der Waals surface area contributed by atoms with E-state index in [1.807, 2.05) is 0 Å². The molecule has 0 atom stereocenters. The molecule has 0 aliphatic heterocycles. The van der Waals surface area contributed by atoms with Crippen LogP contribution in [0.1, 0.15) is 0 Å². The van der Waals surface area contributed by atoms with Crippen LogP contribution in [0.15, 0.2) is 352 Å². The fraction of sp³-hybridized carbons (Fsp3) is 0. The van der Waals surface area contributed by atoms with E-state index in [9.17, 15) is 0 Å². The van der Waals surface area contributed by atoms with Crippen molar-refractivity contribution in [2.75, 3.05) is 14.7 Å². The molecule has 0 amide bonds. The van der Waals surface area contributed by atoms with Gasteiger partial charge in [0.05, 0.1) is 38.8 Å². The van der Waals surface area contributed by atoms with Crippen molar-refractivity contribution in [2.24, 2.45) is 0 Å². The number of rotatable bonds is 13. The lowest BCUT2D eigenvalue weighted by Crippen LogP contribution is -2.10. The monoisotopic (exact) mass is 1200 g/mol. The Morgan fingerprint density at radius 2 is 0.543 bits per heavy atom. The lowest BCUT2D eigenvalue weighted by molar-refractivity contribution is 0.952. The van der Waals surface area contributed by atoms with Gasteiger partial charge < -0.3 is 19.3 Å². The summed E-state index contributed by atoms with van der Waals surface area (Å²) in [5.74, 6) is 1.32. The number of hydrogen-bond donors (Lipinski definition) is 0. The first-order valence-corrected chi connectivity index (χ1v) is 31.9. The Morgan fingerprint density at radius 3 is 0.968 bits per heavy atom. The smallest absolute Gasteiger partial charge is 0.237 e. The highest BCUT2D eigenvalue weighted by atomic mass is 15.2. The van der Waals surface area contributed by atoms with Crippen molar-refractivity contribution in [1.82, 2.24) is 23.7 Å². The molecule has 8 heteroatoms. The van der Waals surface area contributed by atoms with Gasteiger partial charge in [-0.2, -0.15) is 4.98 Å². The third kappa shape index (κ3) is 9.22. The van der Waals surface area contributed by atoms with Gasteiger partial charge in [-0.25, -0.2) is 4.98 Å². The summed E-state index contributed by atoms with van der Waals surface area (Å²) in [6.07, 6.45) is 0. The van der Waals surface area contributed by atoms with E-state index < -0.39 is 0 Å². The Bertz CT molecular complexity index is 5530. The van der Waals surface area contributed by atoms with Crippen LogP contribution < -0.4 is 14.7 Å². The summed E-state index contributed by atoms with van der Waals surface area (Å²) in [6.45, 7) is 0. The summed E-state index contributed by atoms with van der Waals surface area (Å²) in [5, 5.41) is 9.04. The SMILES string of the molecule is c1ccc(N(c2ccccc2)c2ccc3c(c2)c2ccccc2n3-c2ccc3cc(-c4cc(-n5c6ccccc6c6cc(N(c7ccccc7)c7ccccc7)ccc65)nc(-n5c6ccccc6c6cc(N(c7ccccc7)c7ccccc7)ccc65)n4)ccc3c2)cc1. The first-order valence-electron chi connectivity index (χ1n) is 31.9. The van der Waals surface area contributed by atoms with Crippen molar-refractivity contribution in [2.45, 2.75) is 0 Å². The molecule has 4 aromatic heterocycles. The van der Waals surface area contributed by atoms with Gasteiger partial charge in [0, 0.05) is 101 Å². The third-order valence-electron chi connectivity index (χ3n) is 18.3. The standard InChI is InChI=1S/C86H58N8/c1-7-25-62(26-8-1)89(63-27-9-2-10-28-63)69-47-50-82-75(55-69)72-37-19-22-40-79(72)92(82)68-46-45-59-53-61(44-43-60(59)54-68)78-58-85(93-80-41-23-20-38-73(80)76-56-70(48-51-83(76)93)90(64-29-11-3-12-30-64)65-31-13-4-14-32-65)88-86(87-78)94-81-42-24-21-39-74(81)77-57-71(49-52-84(77)94)91(66-33-15-5-16-34-66)67-35-17-6-18-36-67/h1-58H. The molecule has 18 aromatic rings. The first kappa shape index (κ1) is 54.2. The van der Waals surface area contributed by atoms with Crippen LogP contribution in [-0.4, -0.2) is 23.7 Å². The summed E-state index contributed by atoms with van der Waals surface area (Å²) < 4.78 is 6.99. The van der Waals surface area contributed by atoms with Crippen molar-refractivity contribution < 1.29 is 0 Å². The van der Waals surface area contributed by atoms with E-state index >= 15 is 0 Å². The maximum absolute atomic E-state index is 5.74. The maximum Gasteiger partial charge on any atom is 0.237 e. The Balaban J connectivity index is 0.809. The predicted molar refractivity (Wildman–Crippen MR) is 392 cm³/mol. The summed E-state index contributed by atoms with van der Waals surface area (Å²) >= 11 is 0. The molecule has 0 N–H and O–H groups in total. The van der Waals surface area contributed by atoms with Crippen LogP contribution in [0.5, 0.6) is 0 Å². The molecular formula is C86H58N8. The maximum atomic E-state index is 5.74. The van der Waals surface area contributed by atoms with E-state index in [0.29, 0.717) is 5.95 Å². The molecule has 442 valence electrons. The van der Waals surface area contributed by atoms with E-state index in [1.165, 1.54) is 10.8 Å². The van der Waals surface area contributed by atoms with Crippen LogP contribution in [0.3, 0.4) is 0 Å². The van der Waals surface area contributed by atoms with Gasteiger partial charge in [-0.1, -0.05) is 182 Å². The molecule has 14 aromatic carbocycles. The van der Waals surface area contributed by atoms with Crippen molar-refractivity contribution in [3.8, 4) is 28.7 Å². The first-order chi connectivity index (χ1) is 46.6. The number of aromatic nitrogens is 5. The molecule has 0 unspecified atom stereocenters. The zero-order chi connectivity index (χ0) is 62.1. The number of nitrogens with zero attached hydrogens (tertiary/aromatic N) is 8. The van der Waals surface area contributed by atoms with Crippen LogP contribution in [0.2, 0.25) is 0 Å². The molecule has 0 spiro atoms. The fourth-order valence-electron chi connectivity index (χ4n) is 14.2. The highest BCUT2D eigenvalue weighted by Crippen LogP contribution is 2.45. The Morgan fingerprint density at radius 1 is 0.213 bits per heavy atom. The van der Waals surface area contributed by atoms with Gasteiger partial charge in [-0.3, -0.25) is 9.13 Å². The second-order valence-corrected chi connectivity index (χ2v) is 23.8. The second-order valence-electron chi connectivity index (χ2n) is 23.8. The molecule has 0 aliphatic rings. The molecule has 4 heterocycles. The number of anilines is 9. The second kappa shape index (κ2) is 22.6. The van der Waals surface area contributed by atoms with E-state index in [2.05, 4.69) is 380 Å². The quantitative estimate of drug-likeness (QED) is 0.115. The minimum absolute atomic E-state index is 0.567. The zero-order valence-electron chi connectivity index (χ0n) is 51.1. The fourth-order valence-corrected chi connectivity index (χ4v) is 14.2. The van der Waals surface area contributed by atoms with Crippen molar-refractivity contribution in [1.29, 1.82) is 0 Å². The van der Waals surface area contributed by atoms with Gasteiger partial charge in [-0.15, -0.1) is 0 Å². The lowest BCUT2D eigenvalue weighted by Gasteiger charge is -2.25. The summed E-state index contributed by atoms with van der Waals surface area (Å²) in [4.78, 5) is 18.4. The predicted octanol–water partition coefficient (Wildman–Crippen LogP) is 23.0. The summed E-state index contributed by atoms with van der Waals surface area (Å²) in [5.41, 5.74) is 19.0. The van der Waals surface area contributed by atoms with Gasteiger partial charge >= 0.3 is 0 Å². The zero-order valence-corrected chi connectivity index (χ0v) is 51.1. The summed E-state index contributed by atoms with van der Waals surface area (Å²) in [7, 11) is 0. The average Bonchev–Trinajstić information content (AvgIpc) is 1.59.